The quantitative estimate of drug-likeness (QED) is 0.663. The van der Waals surface area contributed by atoms with Gasteiger partial charge in [-0.25, -0.2) is 0 Å². The lowest BCUT2D eigenvalue weighted by Gasteiger charge is -2.14. The number of amides is 1. The zero-order valence-electron chi connectivity index (χ0n) is 12.9. The number of hydrogen-bond acceptors (Lipinski definition) is 3. The van der Waals surface area contributed by atoms with Crippen molar-refractivity contribution in [1.29, 1.82) is 0 Å². The van der Waals surface area contributed by atoms with E-state index < -0.39 is 0 Å². The number of hydrogen-bond donors (Lipinski definition) is 1. The van der Waals surface area contributed by atoms with Gasteiger partial charge in [-0.1, -0.05) is 28.9 Å². The maximum absolute atomic E-state index is 12.4. The molecule has 0 unspecified atom stereocenters. The molecule has 1 amide bonds. The molecule has 0 bridgehead atoms. The molecule has 0 aliphatic heterocycles. The normalized spacial score (nSPS) is 10.3. The van der Waals surface area contributed by atoms with Crippen LogP contribution >= 0.6 is 31.9 Å². The van der Waals surface area contributed by atoms with Crippen LogP contribution < -0.4 is 14.8 Å². The van der Waals surface area contributed by atoms with Gasteiger partial charge in [-0.05, 0) is 52.7 Å². The van der Waals surface area contributed by atoms with Crippen molar-refractivity contribution in [3.8, 4) is 11.5 Å². The zero-order chi connectivity index (χ0) is 16.8. The highest BCUT2D eigenvalue weighted by molar-refractivity contribution is 9.10. The molecule has 0 radical (unpaired) electrons. The molecule has 2 rings (SSSR count). The van der Waals surface area contributed by atoms with Crippen molar-refractivity contribution in [2.24, 2.45) is 0 Å². The van der Waals surface area contributed by atoms with E-state index in [0.717, 1.165) is 10.9 Å². The summed E-state index contributed by atoms with van der Waals surface area (Å²) in [5.74, 6) is 0.907. The van der Waals surface area contributed by atoms with Gasteiger partial charge in [0.1, 0.15) is 0 Å². The van der Waals surface area contributed by atoms with E-state index >= 15 is 0 Å². The van der Waals surface area contributed by atoms with Crippen molar-refractivity contribution >= 4 is 43.5 Å². The number of carbonyl (C=O) groups excluding carboxylic acids is 1. The molecule has 1 N–H and O–H groups in total. The topological polar surface area (TPSA) is 47.6 Å². The molecule has 0 atom stereocenters. The molecule has 0 aromatic heterocycles. The molecule has 23 heavy (non-hydrogen) atoms. The SMILES string of the molecule is CCCOc1c(Br)cc(C(=O)Nc2cccc(Br)c2)cc1OC. The second-order valence-corrected chi connectivity index (χ2v) is 6.57. The summed E-state index contributed by atoms with van der Waals surface area (Å²) in [6.07, 6.45) is 0.890. The first-order chi connectivity index (χ1) is 11.0. The summed E-state index contributed by atoms with van der Waals surface area (Å²) in [6, 6.07) is 10.8. The predicted octanol–water partition coefficient (Wildman–Crippen LogP) is 5.26. The van der Waals surface area contributed by atoms with Gasteiger partial charge in [0.05, 0.1) is 18.2 Å². The minimum Gasteiger partial charge on any atom is -0.493 e. The van der Waals surface area contributed by atoms with Gasteiger partial charge < -0.3 is 14.8 Å². The van der Waals surface area contributed by atoms with Gasteiger partial charge in [-0.3, -0.25) is 4.79 Å². The number of ether oxygens (including phenoxy) is 2. The molecule has 0 aliphatic rings. The van der Waals surface area contributed by atoms with E-state index in [2.05, 4.69) is 37.2 Å². The molecular formula is C17H17Br2NO3. The van der Waals surface area contributed by atoms with Crippen LogP contribution in [0.1, 0.15) is 23.7 Å². The molecule has 2 aromatic rings. The van der Waals surface area contributed by atoms with Crippen LogP contribution in [0.3, 0.4) is 0 Å². The van der Waals surface area contributed by atoms with E-state index in [1.165, 1.54) is 0 Å². The molecule has 0 aliphatic carbocycles. The lowest BCUT2D eigenvalue weighted by molar-refractivity contribution is 0.102. The Bertz CT molecular complexity index is 704. The number of benzene rings is 2. The van der Waals surface area contributed by atoms with Crippen molar-refractivity contribution < 1.29 is 14.3 Å². The van der Waals surface area contributed by atoms with Crippen LogP contribution in [0.4, 0.5) is 5.69 Å². The van der Waals surface area contributed by atoms with Crippen molar-refractivity contribution in [1.82, 2.24) is 0 Å². The highest BCUT2D eigenvalue weighted by Gasteiger charge is 2.15. The van der Waals surface area contributed by atoms with Crippen LogP contribution in [0.25, 0.3) is 0 Å². The second kappa shape index (κ2) is 8.36. The van der Waals surface area contributed by atoms with Gasteiger partial charge >= 0.3 is 0 Å². The largest absolute Gasteiger partial charge is 0.493 e. The van der Waals surface area contributed by atoms with Gasteiger partial charge in [-0.15, -0.1) is 0 Å². The molecule has 4 nitrogen and oxygen atoms in total. The van der Waals surface area contributed by atoms with Crippen LogP contribution in [0, 0.1) is 0 Å². The first-order valence-electron chi connectivity index (χ1n) is 7.12. The van der Waals surface area contributed by atoms with Crippen molar-refractivity contribution in [2.75, 3.05) is 19.0 Å². The molecule has 2 aromatic carbocycles. The summed E-state index contributed by atoms with van der Waals surface area (Å²) >= 11 is 6.82. The number of anilines is 1. The van der Waals surface area contributed by atoms with E-state index in [0.29, 0.717) is 33.8 Å². The van der Waals surface area contributed by atoms with E-state index in [1.54, 1.807) is 19.2 Å². The van der Waals surface area contributed by atoms with Crippen LogP contribution in [-0.4, -0.2) is 19.6 Å². The Kier molecular flexibility index (Phi) is 6.47. The number of methoxy groups -OCH3 is 1. The Labute approximate surface area is 152 Å². The fourth-order valence-corrected chi connectivity index (χ4v) is 2.92. The third-order valence-electron chi connectivity index (χ3n) is 3.02. The first kappa shape index (κ1) is 17.8. The lowest BCUT2D eigenvalue weighted by atomic mass is 10.1. The summed E-state index contributed by atoms with van der Waals surface area (Å²) in [5.41, 5.74) is 1.20. The highest BCUT2D eigenvalue weighted by atomic mass is 79.9. The van der Waals surface area contributed by atoms with Crippen LogP contribution in [0.2, 0.25) is 0 Å². The van der Waals surface area contributed by atoms with Gasteiger partial charge in [0.15, 0.2) is 11.5 Å². The van der Waals surface area contributed by atoms with Crippen molar-refractivity contribution in [3.05, 3.63) is 50.9 Å². The molecule has 0 saturated heterocycles. The Balaban J connectivity index is 2.25. The maximum Gasteiger partial charge on any atom is 0.255 e. The lowest BCUT2D eigenvalue weighted by Crippen LogP contribution is -2.12. The van der Waals surface area contributed by atoms with E-state index in [1.807, 2.05) is 31.2 Å². The van der Waals surface area contributed by atoms with E-state index in [4.69, 9.17) is 9.47 Å². The minimum atomic E-state index is -0.218. The Hall–Kier alpha value is -1.53. The van der Waals surface area contributed by atoms with E-state index in [9.17, 15) is 4.79 Å². The fraction of sp³-hybridized carbons (Fsp3) is 0.235. The molecule has 0 spiro atoms. The van der Waals surface area contributed by atoms with Gasteiger partial charge in [0.2, 0.25) is 0 Å². The van der Waals surface area contributed by atoms with Crippen molar-refractivity contribution in [3.63, 3.8) is 0 Å². The smallest absolute Gasteiger partial charge is 0.255 e. The summed E-state index contributed by atoms with van der Waals surface area (Å²) in [7, 11) is 1.55. The standard InChI is InChI=1S/C17H17Br2NO3/c1-3-7-23-16-14(19)8-11(9-15(16)22-2)17(21)20-13-6-4-5-12(18)10-13/h4-6,8-10H,3,7H2,1-2H3,(H,20,21). The summed E-state index contributed by atoms with van der Waals surface area (Å²) < 4.78 is 12.6. The molecule has 0 heterocycles. The molecule has 0 fully saturated rings. The predicted molar refractivity (Wildman–Crippen MR) is 98.6 cm³/mol. The second-order valence-electron chi connectivity index (χ2n) is 4.80. The average Bonchev–Trinajstić information content (AvgIpc) is 2.53. The molecule has 0 saturated carbocycles. The number of nitrogens with one attached hydrogen (secondary N) is 1. The van der Waals surface area contributed by atoms with Gasteiger partial charge in [-0.2, -0.15) is 0 Å². The van der Waals surface area contributed by atoms with Crippen molar-refractivity contribution in [2.45, 2.75) is 13.3 Å². The molecule has 6 heteroatoms. The van der Waals surface area contributed by atoms with Gasteiger partial charge in [0.25, 0.3) is 5.91 Å². The van der Waals surface area contributed by atoms with E-state index in [-0.39, 0.29) is 5.91 Å². The first-order valence-corrected chi connectivity index (χ1v) is 8.71. The molecular weight excluding hydrogens is 426 g/mol. The number of rotatable bonds is 6. The number of halogens is 2. The number of carbonyl (C=O) groups is 1. The third kappa shape index (κ3) is 4.72. The maximum atomic E-state index is 12.4. The fourth-order valence-electron chi connectivity index (χ4n) is 1.96. The minimum absolute atomic E-state index is 0.218. The third-order valence-corrected chi connectivity index (χ3v) is 4.11. The zero-order valence-corrected chi connectivity index (χ0v) is 16.0. The van der Waals surface area contributed by atoms with Crippen LogP contribution in [-0.2, 0) is 0 Å². The average molecular weight is 443 g/mol. The Morgan fingerprint density at radius 3 is 2.65 bits per heavy atom. The monoisotopic (exact) mass is 441 g/mol. The van der Waals surface area contributed by atoms with Crippen LogP contribution in [0.5, 0.6) is 11.5 Å². The summed E-state index contributed by atoms with van der Waals surface area (Å²) in [6.45, 7) is 2.61. The Morgan fingerprint density at radius 1 is 1.22 bits per heavy atom. The van der Waals surface area contributed by atoms with Gasteiger partial charge in [0, 0.05) is 15.7 Å². The molecule has 122 valence electrons. The highest BCUT2D eigenvalue weighted by Crippen LogP contribution is 2.37. The summed E-state index contributed by atoms with van der Waals surface area (Å²) in [4.78, 5) is 12.4. The Morgan fingerprint density at radius 2 is 2.00 bits per heavy atom. The summed E-state index contributed by atoms with van der Waals surface area (Å²) in [5, 5.41) is 2.85. The van der Waals surface area contributed by atoms with Crippen LogP contribution in [0.15, 0.2) is 45.3 Å².